The summed E-state index contributed by atoms with van der Waals surface area (Å²) in [6, 6.07) is 0.105. The van der Waals surface area contributed by atoms with E-state index in [1.807, 2.05) is 6.92 Å². The highest BCUT2D eigenvalue weighted by molar-refractivity contribution is 7.17. The van der Waals surface area contributed by atoms with Gasteiger partial charge in [-0.05, 0) is 39.7 Å². The summed E-state index contributed by atoms with van der Waals surface area (Å²) in [4.78, 5) is 31.4. The number of aromatic nitrogens is 3. The first kappa shape index (κ1) is 19.6. The number of ether oxygens (including phenoxy) is 1. The van der Waals surface area contributed by atoms with Gasteiger partial charge in [0.2, 0.25) is 0 Å². The van der Waals surface area contributed by atoms with Crippen molar-refractivity contribution in [2.45, 2.75) is 39.7 Å². The largest absolute Gasteiger partial charge is 0.462 e. The molecule has 144 valence electrons. The monoisotopic (exact) mass is 408 g/mol. The molecule has 9 heteroatoms. The van der Waals surface area contributed by atoms with Crippen molar-refractivity contribution < 1.29 is 14.3 Å². The smallest absolute Gasteiger partial charge is 0.350 e. The van der Waals surface area contributed by atoms with E-state index in [1.165, 1.54) is 17.4 Å². The predicted molar refractivity (Wildman–Crippen MR) is 105 cm³/mol. The van der Waals surface area contributed by atoms with E-state index in [0.29, 0.717) is 33.0 Å². The van der Waals surface area contributed by atoms with Gasteiger partial charge in [-0.25, -0.2) is 9.78 Å². The molecule has 1 aliphatic rings. The number of rotatable bonds is 6. The Morgan fingerprint density at radius 2 is 2.07 bits per heavy atom. The van der Waals surface area contributed by atoms with E-state index in [9.17, 15) is 9.59 Å². The molecule has 0 radical (unpaired) electrons. The fourth-order valence-electron chi connectivity index (χ4n) is 2.71. The molecular weight excluding hydrogens is 388 g/mol. The van der Waals surface area contributed by atoms with Gasteiger partial charge < -0.3 is 4.74 Å². The number of halogens is 1. The molecule has 0 saturated heterocycles. The van der Waals surface area contributed by atoms with E-state index in [1.54, 1.807) is 36.6 Å². The van der Waals surface area contributed by atoms with E-state index < -0.39 is 5.97 Å². The molecule has 7 nitrogen and oxygen atoms in total. The lowest BCUT2D eigenvalue weighted by atomic mass is 10.2. The maximum Gasteiger partial charge on any atom is 0.350 e. The highest BCUT2D eigenvalue weighted by atomic mass is 35.5. The number of anilines is 1. The van der Waals surface area contributed by atoms with Crippen LogP contribution in [0.15, 0.2) is 6.08 Å². The van der Waals surface area contributed by atoms with Gasteiger partial charge in [0.1, 0.15) is 10.0 Å². The summed E-state index contributed by atoms with van der Waals surface area (Å²) in [7, 11) is 1.75. The van der Waals surface area contributed by atoms with Crippen molar-refractivity contribution in [3.63, 3.8) is 0 Å². The van der Waals surface area contributed by atoms with Gasteiger partial charge in [-0.3, -0.25) is 14.4 Å². The SMILES string of the molecule is CCOC(=O)c1sc(N(C(=O)/C=C/c2c(C)nn(C)c2Cl)C2CC2)nc1C. The number of nitrogens with zero attached hydrogens (tertiary/aromatic N) is 4. The Labute approximate surface area is 166 Å². The number of carbonyl (C=O) groups excluding carboxylic acids is 2. The zero-order valence-corrected chi connectivity index (χ0v) is 17.2. The van der Waals surface area contributed by atoms with Gasteiger partial charge >= 0.3 is 5.97 Å². The number of hydrogen-bond acceptors (Lipinski definition) is 6. The van der Waals surface area contributed by atoms with Crippen LogP contribution in [0.1, 0.15) is 46.4 Å². The van der Waals surface area contributed by atoms with Gasteiger partial charge in [-0.1, -0.05) is 22.9 Å². The number of carbonyl (C=O) groups is 2. The van der Waals surface area contributed by atoms with Crippen LogP contribution < -0.4 is 4.90 Å². The summed E-state index contributed by atoms with van der Waals surface area (Å²) >= 11 is 7.41. The molecule has 3 rings (SSSR count). The quantitative estimate of drug-likeness (QED) is 0.539. The van der Waals surface area contributed by atoms with E-state index in [4.69, 9.17) is 16.3 Å². The Morgan fingerprint density at radius 1 is 1.37 bits per heavy atom. The Hall–Kier alpha value is -2.19. The van der Waals surface area contributed by atoms with Crippen LogP contribution >= 0.6 is 22.9 Å². The summed E-state index contributed by atoms with van der Waals surface area (Å²) in [5, 5.41) is 5.23. The Morgan fingerprint density at radius 3 is 2.63 bits per heavy atom. The fourth-order valence-corrected chi connectivity index (χ4v) is 3.98. The normalized spacial score (nSPS) is 14.0. The Bertz CT molecular complexity index is 914. The molecule has 0 bridgehead atoms. The molecule has 1 aliphatic carbocycles. The predicted octanol–water partition coefficient (Wildman–Crippen LogP) is 3.53. The third-order valence-electron chi connectivity index (χ3n) is 4.19. The molecular formula is C18H21ClN4O3S. The number of aryl methyl sites for hydroxylation is 3. The van der Waals surface area contributed by atoms with Crippen LogP contribution in [-0.2, 0) is 16.6 Å². The summed E-state index contributed by atoms with van der Waals surface area (Å²) < 4.78 is 6.63. The molecule has 0 unspecified atom stereocenters. The average Bonchev–Trinajstić information content (AvgIpc) is 3.31. The van der Waals surface area contributed by atoms with Crippen LogP contribution in [-0.4, -0.2) is 39.3 Å². The highest BCUT2D eigenvalue weighted by Gasteiger charge is 2.35. The molecule has 27 heavy (non-hydrogen) atoms. The number of hydrogen-bond donors (Lipinski definition) is 0. The van der Waals surface area contributed by atoms with Gasteiger partial charge in [0.05, 0.1) is 18.0 Å². The van der Waals surface area contributed by atoms with Crippen LogP contribution in [0.4, 0.5) is 5.13 Å². The van der Waals surface area contributed by atoms with Gasteiger partial charge in [-0.2, -0.15) is 5.10 Å². The molecule has 0 aliphatic heterocycles. The molecule has 0 spiro atoms. The van der Waals surface area contributed by atoms with Crippen molar-refractivity contribution in [2.24, 2.45) is 7.05 Å². The van der Waals surface area contributed by atoms with Crippen LogP contribution in [0.5, 0.6) is 0 Å². The minimum atomic E-state index is -0.407. The lowest BCUT2D eigenvalue weighted by Gasteiger charge is -2.17. The Kier molecular flexibility index (Phi) is 5.67. The van der Waals surface area contributed by atoms with Crippen molar-refractivity contribution in [2.75, 3.05) is 11.5 Å². The maximum absolute atomic E-state index is 12.9. The lowest BCUT2D eigenvalue weighted by Crippen LogP contribution is -2.31. The van der Waals surface area contributed by atoms with Gasteiger partial charge in [0.25, 0.3) is 5.91 Å². The molecule has 0 N–H and O–H groups in total. The molecule has 2 aromatic rings. The van der Waals surface area contributed by atoms with Gasteiger partial charge in [0.15, 0.2) is 5.13 Å². The minimum absolute atomic E-state index is 0.105. The average molecular weight is 409 g/mol. The molecule has 0 atom stereocenters. The topological polar surface area (TPSA) is 77.3 Å². The third-order valence-corrected chi connectivity index (χ3v) is 5.78. The molecule has 1 amide bonds. The van der Waals surface area contributed by atoms with E-state index in [-0.39, 0.29) is 11.9 Å². The molecule has 1 fully saturated rings. The van der Waals surface area contributed by atoms with E-state index in [0.717, 1.165) is 18.5 Å². The first-order chi connectivity index (χ1) is 12.8. The molecule has 2 heterocycles. The summed E-state index contributed by atoms with van der Waals surface area (Å²) in [5.41, 5.74) is 2.03. The van der Waals surface area contributed by atoms with Crippen LogP contribution in [0, 0.1) is 13.8 Å². The second-order valence-electron chi connectivity index (χ2n) is 6.32. The van der Waals surface area contributed by atoms with Crippen molar-refractivity contribution in [1.82, 2.24) is 14.8 Å². The summed E-state index contributed by atoms with van der Waals surface area (Å²) in [6.45, 7) is 5.64. The van der Waals surface area contributed by atoms with Crippen LogP contribution in [0.2, 0.25) is 5.15 Å². The van der Waals surface area contributed by atoms with Crippen molar-refractivity contribution in [1.29, 1.82) is 0 Å². The van der Waals surface area contributed by atoms with Gasteiger partial charge in [0, 0.05) is 24.7 Å². The second kappa shape index (κ2) is 7.82. The maximum atomic E-state index is 12.9. The lowest BCUT2D eigenvalue weighted by molar-refractivity contribution is -0.114. The fraction of sp³-hybridized carbons (Fsp3) is 0.444. The van der Waals surface area contributed by atoms with Crippen LogP contribution in [0.3, 0.4) is 0 Å². The van der Waals surface area contributed by atoms with Crippen LogP contribution in [0.25, 0.3) is 6.08 Å². The standard InChI is InChI=1S/C18H21ClN4O3S/c1-5-26-17(25)15-11(3)20-18(27-15)23(12-6-7-12)14(24)9-8-13-10(2)21-22(4)16(13)19/h8-9,12H,5-7H2,1-4H3/b9-8+. The number of thiazole rings is 1. The summed E-state index contributed by atoms with van der Waals surface area (Å²) in [5.74, 6) is -0.601. The first-order valence-corrected chi connectivity index (χ1v) is 9.87. The number of amides is 1. The van der Waals surface area contributed by atoms with Crippen molar-refractivity contribution >= 4 is 46.0 Å². The zero-order valence-electron chi connectivity index (χ0n) is 15.7. The molecule has 1 saturated carbocycles. The minimum Gasteiger partial charge on any atom is -0.462 e. The first-order valence-electron chi connectivity index (χ1n) is 8.68. The zero-order chi connectivity index (χ0) is 19.7. The highest BCUT2D eigenvalue weighted by Crippen LogP contribution is 2.36. The van der Waals surface area contributed by atoms with Gasteiger partial charge in [-0.15, -0.1) is 0 Å². The molecule has 0 aromatic carbocycles. The Balaban J connectivity index is 1.86. The van der Waals surface area contributed by atoms with E-state index >= 15 is 0 Å². The van der Waals surface area contributed by atoms with E-state index in [2.05, 4.69) is 10.1 Å². The molecule has 2 aromatic heterocycles. The van der Waals surface area contributed by atoms with Crippen molar-refractivity contribution in [3.8, 4) is 0 Å². The third kappa shape index (κ3) is 4.06. The summed E-state index contributed by atoms with van der Waals surface area (Å²) in [6.07, 6.45) is 4.99. The number of esters is 1. The second-order valence-corrected chi connectivity index (χ2v) is 7.65. The van der Waals surface area contributed by atoms with Crippen molar-refractivity contribution in [3.05, 3.63) is 33.1 Å².